The van der Waals surface area contributed by atoms with Gasteiger partial charge in [-0.25, -0.2) is 4.98 Å². The molecular formula is C13H21ClN2O2. The fraction of sp³-hybridized carbons (Fsp3) is 0.692. The first kappa shape index (κ1) is 15.2. The molecule has 0 radical (unpaired) electrons. The first-order valence-corrected chi connectivity index (χ1v) is 6.88. The van der Waals surface area contributed by atoms with Crippen molar-refractivity contribution in [2.75, 3.05) is 19.8 Å². The fourth-order valence-corrected chi connectivity index (χ4v) is 1.60. The van der Waals surface area contributed by atoms with Gasteiger partial charge in [0, 0.05) is 19.1 Å². The third-order valence-corrected chi connectivity index (χ3v) is 2.50. The normalized spacial score (nSPS) is 10.6. The van der Waals surface area contributed by atoms with E-state index in [9.17, 15) is 0 Å². The van der Waals surface area contributed by atoms with Crippen molar-refractivity contribution >= 4 is 11.6 Å². The van der Waals surface area contributed by atoms with E-state index >= 15 is 0 Å². The molecule has 0 saturated heterocycles. The summed E-state index contributed by atoms with van der Waals surface area (Å²) in [4.78, 5) is 8.42. The van der Waals surface area contributed by atoms with E-state index in [1.807, 2.05) is 0 Å². The van der Waals surface area contributed by atoms with Gasteiger partial charge in [-0.15, -0.1) is 0 Å². The van der Waals surface area contributed by atoms with Gasteiger partial charge < -0.3 is 9.47 Å². The maximum Gasteiger partial charge on any atom is 0.218 e. The molecule has 1 aromatic heterocycles. The lowest BCUT2D eigenvalue weighted by atomic mass is 10.3. The average Bonchev–Trinajstić information content (AvgIpc) is 2.33. The molecule has 1 heterocycles. The van der Waals surface area contributed by atoms with Crippen LogP contribution in [0.4, 0.5) is 0 Å². The number of ether oxygens (including phenoxy) is 2. The summed E-state index contributed by atoms with van der Waals surface area (Å²) in [5.41, 5.74) is 0. The summed E-state index contributed by atoms with van der Waals surface area (Å²) in [5, 5.41) is 0.426. The van der Waals surface area contributed by atoms with Gasteiger partial charge in [0.05, 0.1) is 6.61 Å². The Morgan fingerprint density at radius 2 is 1.94 bits per heavy atom. The molecule has 0 atom stereocenters. The number of hydrogen-bond acceptors (Lipinski definition) is 4. The highest BCUT2D eigenvalue weighted by Crippen LogP contribution is 2.14. The minimum atomic E-state index is 0.426. The second-order valence-corrected chi connectivity index (χ2v) is 4.40. The Kier molecular flexibility index (Phi) is 7.69. The van der Waals surface area contributed by atoms with Gasteiger partial charge in [-0.1, -0.05) is 31.9 Å². The maximum atomic E-state index is 5.90. The van der Waals surface area contributed by atoms with Gasteiger partial charge in [-0.3, -0.25) is 0 Å². The van der Waals surface area contributed by atoms with Crippen molar-refractivity contribution in [3.05, 3.63) is 17.0 Å². The fourth-order valence-electron chi connectivity index (χ4n) is 1.40. The predicted molar refractivity (Wildman–Crippen MR) is 72.3 cm³/mol. The van der Waals surface area contributed by atoms with E-state index in [0.717, 1.165) is 38.1 Å². The van der Waals surface area contributed by atoms with Crippen LogP contribution in [0.5, 0.6) is 5.88 Å². The second-order valence-electron chi connectivity index (χ2n) is 4.01. The molecule has 0 bridgehead atoms. The Balaban J connectivity index is 2.32. The van der Waals surface area contributed by atoms with Crippen LogP contribution >= 0.6 is 11.6 Å². The Bertz CT molecular complexity index is 348. The standard InChI is InChI=1S/C13H21ClN2O2/c1-3-5-7-17-8-9-18-13-10-11(14)15-12(16-13)6-4-2/h10H,3-9H2,1-2H3. The van der Waals surface area contributed by atoms with Crippen molar-refractivity contribution in [3.63, 3.8) is 0 Å². The summed E-state index contributed by atoms with van der Waals surface area (Å²) < 4.78 is 10.9. The molecule has 1 rings (SSSR count). The molecule has 18 heavy (non-hydrogen) atoms. The summed E-state index contributed by atoms with van der Waals surface area (Å²) in [6.45, 7) is 6.06. The molecule has 0 aliphatic carbocycles. The van der Waals surface area contributed by atoms with E-state index in [4.69, 9.17) is 21.1 Å². The number of unbranched alkanes of at least 4 members (excludes halogenated alkanes) is 1. The highest BCUT2D eigenvalue weighted by atomic mass is 35.5. The number of nitrogens with zero attached hydrogens (tertiary/aromatic N) is 2. The summed E-state index contributed by atoms with van der Waals surface area (Å²) >= 11 is 5.90. The minimum absolute atomic E-state index is 0.426. The van der Waals surface area contributed by atoms with Crippen LogP contribution in [0.3, 0.4) is 0 Å². The Morgan fingerprint density at radius 1 is 1.11 bits per heavy atom. The summed E-state index contributed by atoms with van der Waals surface area (Å²) in [5.74, 6) is 1.25. The SMILES string of the molecule is CCCCOCCOc1cc(Cl)nc(CCC)n1. The van der Waals surface area contributed by atoms with Gasteiger partial charge in [-0.2, -0.15) is 4.98 Å². The van der Waals surface area contributed by atoms with Crippen LogP contribution in [-0.2, 0) is 11.2 Å². The summed E-state index contributed by atoms with van der Waals surface area (Å²) in [7, 11) is 0. The lowest BCUT2D eigenvalue weighted by Crippen LogP contribution is -2.09. The molecule has 0 spiro atoms. The van der Waals surface area contributed by atoms with Gasteiger partial charge in [0.25, 0.3) is 0 Å². The topological polar surface area (TPSA) is 44.2 Å². The lowest BCUT2D eigenvalue weighted by Gasteiger charge is -2.07. The van der Waals surface area contributed by atoms with Crippen LogP contribution in [0.25, 0.3) is 0 Å². The summed E-state index contributed by atoms with van der Waals surface area (Å²) in [6.07, 6.45) is 4.02. The van der Waals surface area contributed by atoms with E-state index in [-0.39, 0.29) is 0 Å². The zero-order valence-corrected chi connectivity index (χ0v) is 11.9. The van der Waals surface area contributed by atoms with Gasteiger partial charge in [0.1, 0.15) is 17.6 Å². The van der Waals surface area contributed by atoms with Crippen LogP contribution in [-0.4, -0.2) is 29.8 Å². The molecule has 102 valence electrons. The van der Waals surface area contributed by atoms with Crippen LogP contribution < -0.4 is 4.74 Å². The monoisotopic (exact) mass is 272 g/mol. The maximum absolute atomic E-state index is 5.90. The number of aryl methyl sites for hydroxylation is 1. The van der Waals surface area contributed by atoms with Gasteiger partial charge in [0.15, 0.2) is 0 Å². The molecule has 0 saturated carbocycles. The smallest absolute Gasteiger partial charge is 0.218 e. The minimum Gasteiger partial charge on any atom is -0.475 e. The van der Waals surface area contributed by atoms with Crippen LogP contribution in [0.15, 0.2) is 6.07 Å². The summed E-state index contributed by atoms with van der Waals surface area (Å²) in [6, 6.07) is 1.63. The van der Waals surface area contributed by atoms with E-state index < -0.39 is 0 Å². The molecule has 0 aliphatic heterocycles. The molecule has 0 unspecified atom stereocenters. The molecule has 0 aromatic carbocycles. The van der Waals surface area contributed by atoms with Crippen molar-refractivity contribution < 1.29 is 9.47 Å². The quantitative estimate of drug-likeness (QED) is 0.511. The zero-order chi connectivity index (χ0) is 13.2. The highest BCUT2D eigenvalue weighted by Gasteiger charge is 2.03. The largest absolute Gasteiger partial charge is 0.475 e. The molecule has 0 amide bonds. The zero-order valence-electron chi connectivity index (χ0n) is 11.1. The van der Waals surface area contributed by atoms with E-state index in [2.05, 4.69) is 23.8 Å². The number of hydrogen-bond donors (Lipinski definition) is 0. The first-order chi connectivity index (χ1) is 8.76. The lowest BCUT2D eigenvalue weighted by molar-refractivity contribution is 0.0964. The average molecular weight is 273 g/mol. The highest BCUT2D eigenvalue weighted by molar-refractivity contribution is 6.29. The molecule has 0 aliphatic rings. The Labute approximate surface area is 114 Å². The Morgan fingerprint density at radius 3 is 2.67 bits per heavy atom. The third-order valence-electron chi connectivity index (χ3n) is 2.31. The molecule has 0 fully saturated rings. The first-order valence-electron chi connectivity index (χ1n) is 6.50. The molecule has 1 aromatic rings. The molecule has 5 heteroatoms. The second kappa shape index (κ2) is 9.11. The van der Waals surface area contributed by atoms with Crippen LogP contribution in [0, 0.1) is 0 Å². The van der Waals surface area contributed by atoms with Crippen molar-refractivity contribution in [3.8, 4) is 5.88 Å². The van der Waals surface area contributed by atoms with Gasteiger partial charge in [-0.05, 0) is 12.8 Å². The van der Waals surface area contributed by atoms with Gasteiger partial charge in [0.2, 0.25) is 5.88 Å². The van der Waals surface area contributed by atoms with Crippen LogP contribution in [0.1, 0.15) is 38.9 Å². The van der Waals surface area contributed by atoms with E-state index in [0.29, 0.717) is 24.2 Å². The number of halogens is 1. The van der Waals surface area contributed by atoms with Crippen LogP contribution in [0.2, 0.25) is 5.15 Å². The number of rotatable bonds is 9. The third kappa shape index (κ3) is 6.17. The van der Waals surface area contributed by atoms with Crippen molar-refractivity contribution in [1.29, 1.82) is 0 Å². The van der Waals surface area contributed by atoms with Crippen molar-refractivity contribution in [1.82, 2.24) is 9.97 Å². The van der Waals surface area contributed by atoms with Crippen molar-refractivity contribution in [2.45, 2.75) is 39.5 Å². The Hall–Kier alpha value is -0.870. The van der Waals surface area contributed by atoms with Gasteiger partial charge >= 0.3 is 0 Å². The number of aromatic nitrogens is 2. The molecular weight excluding hydrogens is 252 g/mol. The predicted octanol–water partition coefficient (Wildman–Crippen LogP) is 3.28. The molecule has 0 N–H and O–H groups in total. The molecule has 4 nitrogen and oxygen atoms in total. The van der Waals surface area contributed by atoms with E-state index in [1.165, 1.54) is 0 Å². The van der Waals surface area contributed by atoms with E-state index in [1.54, 1.807) is 6.07 Å². The van der Waals surface area contributed by atoms with Crippen molar-refractivity contribution in [2.24, 2.45) is 0 Å².